The van der Waals surface area contributed by atoms with Gasteiger partial charge < -0.3 is 19.5 Å². The zero-order valence-corrected chi connectivity index (χ0v) is 24.3. The van der Waals surface area contributed by atoms with E-state index >= 15 is 0 Å². The highest BCUT2D eigenvalue weighted by atomic mass is 79.9. The van der Waals surface area contributed by atoms with E-state index in [9.17, 15) is 9.59 Å². The molecule has 1 aromatic carbocycles. The van der Waals surface area contributed by atoms with Crippen LogP contribution in [0.4, 0.5) is 0 Å². The zero-order chi connectivity index (χ0) is 28.1. The summed E-state index contributed by atoms with van der Waals surface area (Å²) < 4.78 is 16.7. The Morgan fingerprint density at radius 1 is 1.11 bits per heavy atom. The summed E-state index contributed by atoms with van der Waals surface area (Å²) in [5.74, 6) is 0.404. The lowest BCUT2D eigenvalue weighted by atomic mass is 9.97. The number of unbranched alkanes of at least 4 members (excludes halogenated alkanes) is 1. The Hall–Kier alpha value is -3.27. The number of azide groups is 1. The number of nitrogens with one attached hydrogen (secondary N) is 1. The van der Waals surface area contributed by atoms with E-state index < -0.39 is 5.91 Å². The van der Waals surface area contributed by atoms with E-state index in [-0.39, 0.29) is 22.8 Å². The molecule has 1 heterocycles. The van der Waals surface area contributed by atoms with Gasteiger partial charge in [0.2, 0.25) is 0 Å². The van der Waals surface area contributed by atoms with Gasteiger partial charge in [-0.1, -0.05) is 35.4 Å². The minimum absolute atomic E-state index is 0.0191. The van der Waals surface area contributed by atoms with E-state index in [1.165, 1.54) is 24.3 Å². The van der Waals surface area contributed by atoms with E-state index in [0.717, 1.165) is 56.8 Å². The van der Waals surface area contributed by atoms with Crippen LogP contribution >= 0.6 is 15.9 Å². The van der Waals surface area contributed by atoms with Crippen molar-refractivity contribution in [1.82, 2.24) is 10.2 Å². The average Bonchev–Trinajstić information content (AvgIpc) is 3.11. The molecule has 0 radical (unpaired) electrons. The van der Waals surface area contributed by atoms with Gasteiger partial charge in [-0.2, -0.15) is 0 Å². The second-order valence-corrected chi connectivity index (χ2v) is 9.25. The molecule has 0 fully saturated rings. The van der Waals surface area contributed by atoms with E-state index in [1.54, 1.807) is 20.3 Å². The summed E-state index contributed by atoms with van der Waals surface area (Å²) in [5.41, 5.74) is 11.5. The Kier molecular flexibility index (Phi) is 12.9. The molecule has 0 atom stereocenters. The van der Waals surface area contributed by atoms with Crippen LogP contribution in [0.1, 0.15) is 60.2 Å². The van der Waals surface area contributed by atoms with Crippen molar-refractivity contribution in [2.45, 2.75) is 39.5 Å². The van der Waals surface area contributed by atoms with Gasteiger partial charge in [-0.25, -0.2) is 0 Å². The molecule has 3 rings (SSSR count). The number of benzene rings is 1. The number of carbonyl (C=O) groups is 2. The van der Waals surface area contributed by atoms with Crippen LogP contribution in [-0.2, 0) is 9.47 Å². The standard InChI is InChI=1S/C25H30BrN5O5.C2H6/c1-34-21-7-6-16-8-11-31(15-17(16)12-22(21)35-2)10-5-4-9-28-24(32)19-13-18(26)14-20(23(19)36-3)25(33)29-30-27;1-2/h7,12-14H,4-6,8-11,15H2,1-3H3,(H,28,32);1-2H3. The Bertz CT molecular complexity index is 1150. The number of carbonyl (C=O) groups excluding carboxylic acids is 2. The second kappa shape index (κ2) is 15.9. The lowest BCUT2D eigenvalue weighted by molar-refractivity contribution is 0.0949. The molecule has 10 nitrogen and oxygen atoms in total. The van der Waals surface area contributed by atoms with E-state index in [0.29, 0.717) is 11.0 Å². The normalized spacial score (nSPS) is 14.9. The van der Waals surface area contributed by atoms with Crippen LogP contribution in [0.15, 0.2) is 56.5 Å². The maximum absolute atomic E-state index is 12.8. The van der Waals surface area contributed by atoms with Crippen molar-refractivity contribution in [2.75, 3.05) is 47.5 Å². The highest BCUT2D eigenvalue weighted by Crippen LogP contribution is 2.30. The highest BCUT2D eigenvalue weighted by molar-refractivity contribution is 9.10. The molecule has 2 amide bonds. The van der Waals surface area contributed by atoms with Crippen LogP contribution < -0.4 is 10.1 Å². The Morgan fingerprint density at radius 2 is 1.82 bits per heavy atom. The van der Waals surface area contributed by atoms with Gasteiger partial charge in [0.25, 0.3) is 11.8 Å². The van der Waals surface area contributed by atoms with Gasteiger partial charge in [-0.15, -0.1) is 0 Å². The summed E-state index contributed by atoms with van der Waals surface area (Å²) in [4.78, 5) is 29.8. The predicted octanol–water partition coefficient (Wildman–Crippen LogP) is 5.91. The first-order valence-electron chi connectivity index (χ1n) is 12.6. The van der Waals surface area contributed by atoms with Crippen molar-refractivity contribution in [3.63, 3.8) is 0 Å². The SMILES string of the molecule is CC.COC1=CCC2=C(C=C1OC)CN(CCCCNC(=O)c1cc(Br)cc(C(=O)N=[N+]=[N-])c1OC)CC2. The molecule has 1 N–H and O–H groups in total. The fourth-order valence-corrected chi connectivity index (χ4v) is 4.80. The minimum Gasteiger partial charge on any atom is -0.495 e. The third kappa shape index (κ3) is 8.11. The molecule has 0 saturated heterocycles. The number of ether oxygens (including phenoxy) is 3. The molecule has 0 unspecified atom stereocenters. The number of allylic oxidation sites excluding steroid dienone is 1. The van der Waals surface area contributed by atoms with Crippen LogP contribution in [0.3, 0.4) is 0 Å². The number of hydrogen-bond donors (Lipinski definition) is 1. The van der Waals surface area contributed by atoms with Crippen molar-refractivity contribution in [3.05, 3.63) is 73.0 Å². The van der Waals surface area contributed by atoms with Crippen molar-refractivity contribution >= 4 is 27.7 Å². The molecule has 0 aromatic heterocycles. The summed E-state index contributed by atoms with van der Waals surface area (Å²) in [6.07, 6.45) is 7.75. The molecule has 0 spiro atoms. The van der Waals surface area contributed by atoms with Gasteiger partial charge in [0.1, 0.15) is 5.75 Å². The summed E-state index contributed by atoms with van der Waals surface area (Å²) >= 11 is 3.29. The van der Waals surface area contributed by atoms with Gasteiger partial charge >= 0.3 is 0 Å². The lowest BCUT2D eigenvalue weighted by Crippen LogP contribution is -2.33. The number of amides is 2. The van der Waals surface area contributed by atoms with Crippen molar-refractivity contribution < 1.29 is 23.8 Å². The topological polar surface area (TPSA) is 126 Å². The quantitative estimate of drug-likeness (QED) is 0.156. The molecule has 0 bridgehead atoms. The first-order chi connectivity index (χ1) is 18.4. The monoisotopic (exact) mass is 589 g/mol. The molecule has 11 heteroatoms. The summed E-state index contributed by atoms with van der Waals surface area (Å²) in [5, 5.41) is 5.99. The van der Waals surface area contributed by atoms with E-state index in [4.69, 9.17) is 19.7 Å². The minimum atomic E-state index is -0.820. The number of hydrogen-bond acceptors (Lipinski definition) is 6. The van der Waals surface area contributed by atoms with Gasteiger partial charge in [0.15, 0.2) is 11.5 Å². The van der Waals surface area contributed by atoms with Gasteiger partial charge in [0, 0.05) is 29.0 Å². The van der Waals surface area contributed by atoms with Crippen LogP contribution in [0.25, 0.3) is 10.4 Å². The molecule has 1 aliphatic carbocycles. The zero-order valence-electron chi connectivity index (χ0n) is 22.7. The average molecular weight is 591 g/mol. The summed E-state index contributed by atoms with van der Waals surface area (Å²) in [6, 6.07) is 3.02. The van der Waals surface area contributed by atoms with Crippen LogP contribution in [0.2, 0.25) is 0 Å². The smallest absolute Gasteiger partial charge is 0.255 e. The molecule has 0 saturated carbocycles. The van der Waals surface area contributed by atoms with Crippen molar-refractivity contribution in [1.29, 1.82) is 0 Å². The van der Waals surface area contributed by atoms with E-state index in [1.807, 2.05) is 13.8 Å². The van der Waals surface area contributed by atoms with Crippen LogP contribution in [0.5, 0.6) is 5.75 Å². The number of nitrogens with zero attached hydrogens (tertiary/aromatic N) is 4. The highest BCUT2D eigenvalue weighted by Gasteiger charge is 2.22. The Morgan fingerprint density at radius 3 is 2.47 bits per heavy atom. The fraction of sp³-hybridized carbons (Fsp3) is 0.481. The second-order valence-electron chi connectivity index (χ2n) is 8.34. The van der Waals surface area contributed by atoms with Gasteiger partial charge in [0.05, 0.1) is 32.5 Å². The molecule has 206 valence electrons. The first kappa shape index (κ1) is 31.0. The first-order valence-corrected chi connectivity index (χ1v) is 13.4. The maximum Gasteiger partial charge on any atom is 0.255 e. The largest absolute Gasteiger partial charge is 0.495 e. The summed E-state index contributed by atoms with van der Waals surface area (Å²) in [7, 11) is 4.67. The molecule has 2 aliphatic rings. The number of rotatable bonds is 10. The Balaban J connectivity index is 0.00000247. The predicted molar refractivity (Wildman–Crippen MR) is 150 cm³/mol. The molecule has 38 heavy (non-hydrogen) atoms. The third-order valence-electron chi connectivity index (χ3n) is 6.15. The number of halogens is 1. The van der Waals surface area contributed by atoms with Crippen LogP contribution in [0, 0.1) is 0 Å². The van der Waals surface area contributed by atoms with Crippen molar-refractivity contribution in [3.8, 4) is 5.75 Å². The summed E-state index contributed by atoms with van der Waals surface area (Å²) in [6.45, 7) is 7.24. The molecule has 1 aliphatic heterocycles. The molecular formula is C27H36BrN5O5. The van der Waals surface area contributed by atoms with Crippen molar-refractivity contribution in [2.24, 2.45) is 5.11 Å². The number of methoxy groups -OCH3 is 3. The van der Waals surface area contributed by atoms with Crippen LogP contribution in [-0.4, -0.2) is 64.2 Å². The van der Waals surface area contributed by atoms with Gasteiger partial charge in [-0.05, 0) is 72.7 Å². The fourth-order valence-electron chi connectivity index (χ4n) is 4.34. The van der Waals surface area contributed by atoms with E-state index in [2.05, 4.69) is 48.3 Å². The lowest BCUT2D eigenvalue weighted by Gasteiger charge is -2.29. The maximum atomic E-state index is 12.8. The molecule has 1 aromatic rings. The third-order valence-corrected chi connectivity index (χ3v) is 6.61. The Labute approximate surface area is 232 Å². The molecular weight excluding hydrogens is 554 g/mol. The van der Waals surface area contributed by atoms with Gasteiger partial charge in [-0.3, -0.25) is 14.5 Å².